The standard InChI is InChI=1S/C25H25F3N2O7/c26-25(27,28)19-11(9-30-3-1-2-4-30)7-14(31)17-13(19)6-10-5-12-8-15(32)18(23(29)36)22(35)24(12,37)21(34)16(10)20(17)33/h7,10,12,31,33,35,37H,1-6,8-9H2,(H2,29,36)/t10?,12-,24-/m0/s1. The number of alkyl halides is 3. The third-order valence-electron chi connectivity index (χ3n) is 8.02. The van der Waals surface area contributed by atoms with Crippen molar-refractivity contribution in [1.82, 2.24) is 4.90 Å². The lowest BCUT2D eigenvalue weighted by Crippen LogP contribution is -2.58. The Bertz CT molecular complexity index is 1310. The number of rotatable bonds is 3. The molecule has 4 aliphatic rings. The van der Waals surface area contributed by atoms with E-state index in [0.29, 0.717) is 13.1 Å². The molecule has 1 aromatic carbocycles. The SMILES string of the molecule is NC(=O)C1=C(O)[C@@]2(O)C(=O)C3=C(O)c4c(O)cc(CN5CCCC5)c(C(F)(F)F)c4CC3C[C@H]2CC1=O. The predicted molar refractivity (Wildman–Crippen MR) is 121 cm³/mol. The Kier molecular flexibility index (Phi) is 5.68. The first-order valence-electron chi connectivity index (χ1n) is 11.9. The van der Waals surface area contributed by atoms with E-state index in [1.807, 2.05) is 4.90 Å². The zero-order valence-electron chi connectivity index (χ0n) is 19.6. The number of carbonyl (C=O) groups is 3. The largest absolute Gasteiger partial charge is 0.508 e. The quantitative estimate of drug-likeness (QED) is 0.377. The summed E-state index contributed by atoms with van der Waals surface area (Å²) in [4.78, 5) is 39.4. The molecule has 5 rings (SSSR count). The van der Waals surface area contributed by atoms with Gasteiger partial charge in [0.1, 0.15) is 22.8 Å². The van der Waals surface area contributed by atoms with Gasteiger partial charge in [-0.25, -0.2) is 0 Å². The fourth-order valence-electron chi connectivity index (χ4n) is 6.42. The van der Waals surface area contributed by atoms with Gasteiger partial charge >= 0.3 is 6.18 Å². The number of aromatic hydroxyl groups is 1. The maximum atomic E-state index is 14.4. The number of likely N-dealkylation sites (tertiary alicyclic amines) is 1. The van der Waals surface area contributed by atoms with Crippen LogP contribution in [0.4, 0.5) is 13.2 Å². The molecular weight excluding hydrogens is 497 g/mol. The number of amides is 1. The number of aliphatic hydroxyl groups excluding tert-OH is 2. The molecule has 1 unspecified atom stereocenters. The zero-order valence-corrected chi connectivity index (χ0v) is 19.6. The van der Waals surface area contributed by atoms with Crippen molar-refractivity contribution in [2.24, 2.45) is 17.6 Å². The van der Waals surface area contributed by atoms with Crippen molar-refractivity contribution in [3.63, 3.8) is 0 Å². The first-order chi connectivity index (χ1) is 17.3. The molecule has 0 bridgehead atoms. The molecule has 3 aliphatic carbocycles. The van der Waals surface area contributed by atoms with Crippen molar-refractivity contribution in [2.45, 2.75) is 50.4 Å². The van der Waals surface area contributed by atoms with Crippen molar-refractivity contribution < 1.29 is 48.0 Å². The molecule has 198 valence electrons. The molecule has 12 heteroatoms. The van der Waals surface area contributed by atoms with Crippen molar-refractivity contribution in [3.8, 4) is 5.75 Å². The number of phenols is 1. The number of ketones is 2. The van der Waals surface area contributed by atoms with Crippen LogP contribution < -0.4 is 5.73 Å². The number of halogens is 3. The van der Waals surface area contributed by atoms with E-state index in [1.54, 1.807) is 0 Å². The highest BCUT2D eigenvalue weighted by Crippen LogP contribution is 2.54. The topological polar surface area (TPSA) is 161 Å². The summed E-state index contributed by atoms with van der Waals surface area (Å²) >= 11 is 0. The van der Waals surface area contributed by atoms with Gasteiger partial charge in [-0.3, -0.25) is 19.3 Å². The minimum Gasteiger partial charge on any atom is -0.508 e. The van der Waals surface area contributed by atoms with E-state index in [0.717, 1.165) is 18.9 Å². The first kappa shape index (κ1) is 25.3. The molecule has 1 amide bonds. The second-order valence-corrected chi connectivity index (χ2v) is 10.2. The van der Waals surface area contributed by atoms with Gasteiger partial charge in [0.25, 0.3) is 5.91 Å². The maximum Gasteiger partial charge on any atom is 0.417 e. The summed E-state index contributed by atoms with van der Waals surface area (Å²) in [5.74, 6) is -8.64. The van der Waals surface area contributed by atoms with Crippen LogP contribution in [0.25, 0.3) is 5.76 Å². The van der Waals surface area contributed by atoms with Crippen LogP contribution in [0.15, 0.2) is 23.0 Å². The third-order valence-corrected chi connectivity index (χ3v) is 8.02. The molecule has 1 aliphatic heterocycles. The molecule has 1 aromatic rings. The third kappa shape index (κ3) is 3.64. The van der Waals surface area contributed by atoms with Gasteiger partial charge in [-0.2, -0.15) is 13.2 Å². The van der Waals surface area contributed by atoms with E-state index in [2.05, 4.69) is 0 Å². The van der Waals surface area contributed by atoms with Crippen molar-refractivity contribution in [2.75, 3.05) is 13.1 Å². The monoisotopic (exact) mass is 522 g/mol. The highest BCUT2D eigenvalue weighted by atomic mass is 19.4. The Morgan fingerprint density at radius 2 is 1.78 bits per heavy atom. The molecular formula is C25H25F3N2O7. The highest BCUT2D eigenvalue weighted by molar-refractivity contribution is 6.22. The summed E-state index contributed by atoms with van der Waals surface area (Å²) in [6, 6.07) is 0.934. The van der Waals surface area contributed by atoms with E-state index in [-0.39, 0.29) is 24.1 Å². The second kappa shape index (κ2) is 8.32. The average Bonchev–Trinajstić information content (AvgIpc) is 3.28. The number of nitrogens with zero attached hydrogens (tertiary/aromatic N) is 1. The summed E-state index contributed by atoms with van der Waals surface area (Å²) in [6.45, 7) is 1.17. The molecule has 1 saturated heterocycles. The lowest BCUT2D eigenvalue weighted by atomic mass is 9.59. The molecule has 6 N–H and O–H groups in total. The predicted octanol–water partition coefficient (Wildman–Crippen LogP) is 2.04. The first-order valence-corrected chi connectivity index (χ1v) is 11.9. The van der Waals surface area contributed by atoms with E-state index in [4.69, 9.17) is 5.73 Å². The van der Waals surface area contributed by atoms with Gasteiger partial charge in [0.15, 0.2) is 11.4 Å². The molecule has 9 nitrogen and oxygen atoms in total. The van der Waals surface area contributed by atoms with Crippen LogP contribution in [0.3, 0.4) is 0 Å². The van der Waals surface area contributed by atoms with Crippen molar-refractivity contribution in [3.05, 3.63) is 45.2 Å². The van der Waals surface area contributed by atoms with Gasteiger partial charge in [0, 0.05) is 24.5 Å². The lowest BCUT2D eigenvalue weighted by Gasteiger charge is -2.46. The van der Waals surface area contributed by atoms with E-state index in [9.17, 15) is 48.0 Å². The number of fused-ring (bicyclic) bond motifs is 3. The maximum absolute atomic E-state index is 14.4. The summed E-state index contributed by atoms with van der Waals surface area (Å²) in [5.41, 5.74) is -1.13. The Labute approximate surface area is 208 Å². The van der Waals surface area contributed by atoms with E-state index in [1.165, 1.54) is 0 Å². The number of aliphatic hydroxyl groups is 3. The molecule has 1 saturated carbocycles. The molecule has 1 heterocycles. The molecule has 37 heavy (non-hydrogen) atoms. The van der Waals surface area contributed by atoms with Gasteiger partial charge in [-0.05, 0) is 61.9 Å². The van der Waals surface area contributed by atoms with Crippen molar-refractivity contribution >= 4 is 23.2 Å². The Hall–Kier alpha value is -3.38. The van der Waals surface area contributed by atoms with Crippen LogP contribution in [0, 0.1) is 11.8 Å². The second-order valence-electron chi connectivity index (χ2n) is 10.2. The summed E-state index contributed by atoms with van der Waals surface area (Å²) in [5, 5.41) is 43.6. The Morgan fingerprint density at radius 3 is 2.38 bits per heavy atom. The number of hydrogen-bond acceptors (Lipinski definition) is 8. The summed E-state index contributed by atoms with van der Waals surface area (Å²) in [7, 11) is 0. The lowest BCUT2D eigenvalue weighted by molar-refractivity contribution is -0.147. The number of phenolic OH excluding ortho intramolecular Hbond substituents is 1. The van der Waals surface area contributed by atoms with E-state index >= 15 is 0 Å². The van der Waals surface area contributed by atoms with Crippen LogP contribution in [0.1, 0.15) is 47.9 Å². The normalized spacial score (nSPS) is 28.3. The zero-order chi connectivity index (χ0) is 27.0. The number of carbonyl (C=O) groups excluding carboxylic acids is 3. The fourth-order valence-corrected chi connectivity index (χ4v) is 6.42. The van der Waals surface area contributed by atoms with Crippen molar-refractivity contribution in [1.29, 1.82) is 0 Å². The van der Waals surface area contributed by atoms with Gasteiger partial charge in [-0.1, -0.05) is 0 Å². The number of Topliss-reactive ketones (excluding diaryl/α,β-unsaturated/α-hetero) is 2. The number of hydrogen-bond donors (Lipinski definition) is 5. The van der Waals surface area contributed by atoms with Crippen LogP contribution in [-0.2, 0) is 33.5 Å². The number of nitrogens with two attached hydrogens (primary N) is 1. The summed E-state index contributed by atoms with van der Waals surface area (Å²) < 4.78 is 43.2. The molecule has 3 atom stereocenters. The van der Waals surface area contributed by atoms with Gasteiger partial charge in [0.05, 0.1) is 11.1 Å². The molecule has 2 fully saturated rings. The minimum absolute atomic E-state index is 0.0535. The smallest absolute Gasteiger partial charge is 0.417 e. The van der Waals surface area contributed by atoms with Crippen LogP contribution in [0.2, 0.25) is 0 Å². The minimum atomic E-state index is -4.83. The molecule has 0 aromatic heterocycles. The number of primary amides is 1. The van der Waals surface area contributed by atoms with Crippen LogP contribution in [-0.4, -0.2) is 61.5 Å². The van der Waals surface area contributed by atoms with Gasteiger partial charge in [0.2, 0.25) is 5.78 Å². The van der Waals surface area contributed by atoms with E-state index < -0.39 is 93.5 Å². The highest BCUT2D eigenvalue weighted by Gasteiger charge is 2.60. The molecule has 0 spiro atoms. The van der Waals surface area contributed by atoms with Crippen LogP contribution in [0.5, 0.6) is 5.75 Å². The van der Waals surface area contributed by atoms with Gasteiger partial charge in [-0.15, -0.1) is 0 Å². The Balaban J connectivity index is 1.69. The Morgan fingerprint density at radius 1 is 1.14 bits per heavy atom. The average molecular weight is 522 g/mol. The molecule has 0 radical (unpaired) electrons. The summed E-state index contributed by atoms with van der Waals surface area (Å²) in [6.07, 6.45) is -4.33. The van der Waals surface area contributed by atoms with Gasteiger partial charge < -0.3 is 26.2 Å². The fraction of sp³-hybridized carbons (Fsp3) is 0.480. The van der Waals surface area contributed by atoms with Crippen LogP contribution >= 0.6 is 0 Å². The number of benzene rings is 1.